The van der Waals surface area contributed by atoms with Gasteiger partial charge in [-0.2, -0.15) is 0 Å². The molecular formula is C19H25N3S. The molecule has 0 spiro atoms. The third-order valence-electron chi connectivity index (χ3n) is 4.09. The molecule has 1 saturated carbocycles. The van der Waals surface area contributed by atoms with Gasteiger partial charge in [-0.1, -0.05) is 49.7 Å². The van der Waals surface area contributed by atoms with E-state index in [1.54, 1.807) is 4.90 Å². The van der Waals surface area contributed by atoms with Crippen LogP contribution in [0.1, 0.15) is 49.3 Å². The minimum absolute atomic E-state index is 0.233. The van der Waals surface area contributed by atoms with Gasteiger partial charge >= 0.3 is 0 Å². The molecule has 0 amide bonds. The fraction of sp³-hybridized carbons (Fsp3) is 0.368. The maximum absolute atomic E-state index is 7.44. The number of thiocarbonyl (C=S) groups is 1. The summed E-state index contributed by atoms with van der Waals surface area (Å²) in [7, 11) is 0. The lowest BCUT2D eigenvalue weighted by Gasteiger charge is -2.19. The van der Waals surface area contributed by atoms with Crippen LogP contribution in [-0.2, 0) is 6.54 Å². The van der Waals surface area contributed by atoms with Crippen molar-refractivity contribution in [1.82, 2.24) is 4.90 Å². The Balaban J connectivity index is 0.000000924. The molecule has 3 nitrogen and oxygen atoms in total. The Morgan fingerprint density at radius 2 is 1.96 bits per heavy atom. The monoisotopic (exact) mass is 327 g/mol. The molecule has 1 aliphatic rings. The molecule has 3 rings (SSSR count). The summed E-state index contributed by atoms with van der Waals surface area (Å²) >= 11 is 4.99. The van der Waals surface area contributed by atoms with Crippen LogP contribution in [0, 0.1) is 12.3 Å². The van der Waals surface area contributed by atoms with Gasteiger partial charge in [-0.15, -0.1) is 0 Å². The maximum Gasteiger partial charge on any atom is 0.171 e. The van der Waals surface area contributed by atoms with Crippen molar-refractivity contribution < 1.29 is 0 Å². The highest BCUT2D eigenvalue weighted by molar-refractivity contribution is 7.80. The average Bonchev–Trinajstić information content (AvgIpc) is 3.38. The molecule has 0 aromatic heterocycles. The Kier molecular flexibility index (Phi) is 5.72. The van der Waals surface area contributed by atoms with Crippen molar-refractivity contribution >= 4 is 34.4 Å². The number of benzene rings is 2. The number of nitrogens with zero attached hydrogens (tertiary/aromatic N) is 1. The van der Waals surface area contributed by atoms with E-state index < -0.39 is 0 Å². The first-order valence-electron chi connectivity index (χ1n) is 8.19. The van der Waals surface area contributed by atoms with E-state index in [2.05, 4.69) is 37.3 Å². The molecular weight excluding hydrogens is 302 g/mol. The minimum Gasteiger partial charge on any atom is -0.376 e. The first-order chi connectivity index (χ1) is 11.1. The van der Waals surface area contributed by atoms with Gasteiger partial charge in [0.15, 0.2) is 5.11 Å². The van der Waals surface area contributed by atoms with Crippen LogP contribution in [0.15, 0.2) is 30.3 Å². The summed E-state index contributed by atoms with van der Waals surface area (Å²) in [6.07, 6.45) is 3.78. The zero-order chi connectivity index (χ0) is 17.0. The van der Waals surface area contributed by atoms with Gasteiger partial charge in [0, 0.05) is 0 Å². The molecule has 0 atom stereocenters. The van der Waals surface area contributed by atoms with Crippen LogP contribution >= 0.6 is 12.2 Å². The van der Waals surface area contributed by atoms with Crippen LogP contribution in [0.3, 0.4) is 0 Å². The van der Waals surface area contributed by atoms with E-state index in [0.717, 1.165) is 11.5 Å². The molecule has 0 heterocycles. The molecule has 122 valence electrons. The summed E-state index contributed by atoms with van der Waals surface area (Å²) in [5.74, 6) is 0.721. The number of hydrogen-bond donors (Lipinski definition) is 2. The molecule has 2 aromatic rings. The SMILES string of the molecule is CC.Cc1ccc2c(C3CC3)ccc(CN(C=N)C(N)=S)c2c1. The largest absolute Gasteiger partial charge is 0.376 e. The molecule has 0 unspecified atom stereocenters. The van der Waals surface area contributed by atoms with E-state index in [0.29, 0.717) is 6.54 Å². The molecule has 2 aromatic carbocycles. The topological polar surface area (TPSA) is 53.1 Å². The Morgan fingerprint density at radius 3 is 2.52 bits per heavy atom. The molecule has 3 N–H and O–H groups in total. The van der Waals surface area contributed by atoms with Crippen molar-refractivity contribution in [2.24, 2.45) is 5.73 Å². The first kappa shape index (κ1) is 17.4. The van der Waals surface area contributed by atoms with E-state index in [1.165, 1.54) is 41.1 Å². The molecule has 1 aliphatic carbocycles. The average molecular weight is 327 g/mol. The lowest BCUT2D eigenvalue weighted by molar-refractivity contribution is 0.625. The van der Waals surface area contributed by atoms with E-state index >= 15 is 0 Å². The van der Waals surface area contributed by atoms with Crippen molar-refractivity contribution in [3.05, 3.63) is 47.0 Å². The molecule has 1 fully saturated rings. The molecule has 0 aliphatic heterocycles. The molecule has 0 bridgehead atoms. The molecule has 23 heavy (non-hydrogen) atoms. The first-order valence-corrected chi connectivity index (χ1v) is 8.60. The van der Waals surface area contributed by atoms with Crippen LogP contribution in [0.25, 0.3) is 10.8 Å². The van der Waals surface area contributed by atoms with Crippen LogP contribution in [0.2, 0.25) is 0 Å². The van der Waals surface area contributed by atoms with Crippen molar-refractivity contribution in [1.29, 1.82) is 5.41 Å². The predicted molar refractivity (Wildman–Crippen MR) is 103 cm³/mol. The molecule has 0 radical (unpaired) electrons. The van der Waals surface area contributed by atoms with E-state index in [4.69, 9.17) is 23.4 Å². The number of aryl methyl sites for hydroxylation is 1. The minimum atomic E-state index is 0.233. The summed E-state index contributed by atoms with van der Waals surface area (Å²) in [5, 5.41) is 10.3. The predicted octanol–water partition coefficient (Wildman–Crippen LogP) is 4.70. The highest BCUT2D eigenvalue weighted by Crippen LogP contribution is 2.43. The van der Waals surface area contributed by atoms with Crippen LogP contribution in [0.4, 0.5) is 0 Å². The third kappa shape index (κ3) is 3.88. The second-order valence-electron chi connectivity index (χ2n) is 5.73. The number of nitrogens with one attached hydrogen (secondary N) is 1. The third-order valence-corrected chi connectivity index (χ3v) is 4.33. The van der Waals surface area contributed by atoms with Gasteiger partial charge in [0.05, 0.1) is 12.9 Å². The second kappa shape index (κ2) is 7.55. The zero-order valence-corrected chi connectivity index (χ0v) is 14.9. The Hall–Kier alpha value is -1.94. The van der Waals surface area contributed by atoms with Gasteiger partial charge < -0.3 is 10.6 Å². The number of fused-ring (bicyclic) bond motifs is 1. The van der Waals surface area contributed by atoms with Gasteiger partial charge in [0.25, 0.3) is 0 Å². The summed E-state index contributed by atoms with van der Waals surface area (Å²) in [5.41, 5.74) is 9.52. The van der Waals surface area contributed by atoms with E-state index in [-0.39, 0.29) is 5.11 Å². The summed E-state index contributed by atoms with van der Waals surface area (Å²) in [6, 6.07) is 11.0. The van der Waals surface area contributed by atoms with Crippen molar-refractivity contribution in [2.75, 3.05) is 0 Å². The number of hydrogen-bond acceptors (Lipinski definition) is 2. The summed E-state index contributed by atoms with van der Waals surface area (Å²) < 4.78 is 0. The lowest BCUT2D eigenvalue weighted by atomic mass is 9.95. The van der Waals surface area contributed by atoms with Crippen LogP contribution in [0.5, 0.6) is 0 Å². The molecule has 0 saturated heterocycles. The normalized spacial score (nSPS) is 13.2. The van der Waals surface area contributed by atoms with Gasteiger partial charge in [-0.05, 0) is 59.8 Å². The summed E-state index contributed by atoms with van der Waals surface area (Å²) in [4.78, 5) is 1.59. The fourth-order valence-electron chi connectivity index (χ4n) is 2.80. The highest BCUT2D eigenvalue weighted by atomic mass is 32.1. The van der Waals surface area contributed by atoms with Crippen LogP contribution in [-0.4, -0.2) is 16.4 Å². The molecule has 4 heteroatoms. The van der Waals surface area contributed by atoms with Crippen molar-refractivity contribution in [3.63, 3.8) is 0 Å². The van der Waals surface area contributed by atoms with Gasteiger partial charge in [-0.3, -0.25) is 5.41 Å². The standard InChI is InChI=1S/C17H19N3S.C2H6/c1-11-2-6-15-14(12-3-4-12)7-5-13(16(15)8-11)9-20(10-18)17(19)21;1-2/h2,5-8,10,12,18H,3-4,9H2,1H3,(H2,19,21);1-2H3. The van der Waals surface area contributed by atoms with E-state index in [1.807, 2.05) is 13.8 Å². The Morgan fingerprint density at radius 1 is 1.26 bits per heavy atom. The van der Waals surface area contributed by atoms with Gasteiger partial charge in [-0.25, -0.2) is 0 Å². The Bertz CT molecular complexity index is 720. The quantitative estimate of drug-likeness (QED) is 0.486. The number of nitrogens with two attached hydrogens (primary N) is 1. The lowest BCUT2D eigenvalue weighted by Crippen LogP contribution is -2.33. The fourth-order valence-corrected chi connectivity index (χ4v) is 2.92. The van der Waals surface area contributed by atoms with Gasteiger partial charge in [0.2, 0.25) is 0 Å². The van der Waals surface area contributed by atoms with Gasteiger partial charge in [0.1, 0.15) is 0 Å². The van der Waals surface area contributed by atoms with E-state index in [9.17, 15) is 0 Å². The highest BCUT2D eigenvalue weighted by Gasteiger charge is 2.25. The second-order valence-corrected chi connectivity index (χ2v) is 6.15. The summed E-state index contributed by atoms with van der Waals surface area (Å²) in [6.45, 7) is 6.65. The zero-order valence-electron chi connectivity index (χ0n) is 14.1. The van der Waals surface area contributed by atoms with Crippen molar-refractivity contribution in [2.45, 2.75) is 46.1 Å². The Labute approximate surface area is 144 Å². The maximum atomic E-state index is 7.44. The van der Waals surface area contributed by atoms with Crippen LogP contribution < -0.4 is 5.73 Å². The smallest absolute Gasteiger partial charge is 0.171 e. The van der Waals surface area contributed by atoms with Crippen molar-refractivity contribution in [3.8, 4) is 0 Å². The number of rotatable bonds is 4.